The number of methoxy groups -OCH3 is 3. The number of hydrogen-bond acceptors (Lipinski definition) is 6. The van der Waals surface area contributed by atoms with E-state index in [9.17, 15) is 13.2 Å². The number of amides is 1. The number of benzene rings is 2. The second kappa shape index (κ2) is 10.2. The molecule has 1 heterocycles. The molecule has 1 fully saturated rings. The summed E-state index contributed by atoms with van der Waals surface area (Å²) in [5, 5.41) is 3.01. The minimum absolute atomic E-state index is 0.114. The summed E-state index contributed by atoms with van der Waals surface area (Å²) in [6.07, 6.45) is 1.25. The predicted molar refractivity (Wildman–Crippen MR) is 121 cm³/mol. The monoisotopic (exact) mass is 462 g/mol. The van der Waals surface area contributed by atoms with Gasteiger partial charge < -0.3 is 19.5 Å². The van der Waals surface area contributed by atoms with Gasteiger partial charge in [-0.25, -0.2) is 8.42 Å². The SMILES string of the molecule is COc1ccc([C@@H](C)NC(=O)[C@@H]2CCCN(S(=O)(=O)c3ccc(OC)c(OC)c3)C2)cc1. The zero-order chi connectivity index (χ0) is 23.3. The molecule has 9 heteroatoms. The highest BCUT2D eigenvalue weighted by molar-refractivity contribution is 7.89. The molecule has 1 amide bonds. The van der Waals surface area contributed by atoms with Crippen molar-refractivity contribution in [1.29, 1.82) is 0 Å². The lowest BCUT2D eigenvalue weighted by atomic mass is 9.98. The number of nitrogens with one attached hydrogen (secondary N) is 1. The minimum atomic E-state index is -3.77. The Morgan fingerprint density at radius 1 is 1.03 bits per heavy atom. The van der Waals surface area contributed by atoms with Crippen LogP contribution in [0.15, 0.2) is 47.4 Å². The lowest BCUT2D eigenvalue weighted by Crippen LogP contribution is -2.45. The number of ether oxygens (including phenoxy) is 3. The third-order valence-electron chi connectivity index (χ3n) is 5.72. The smallest absolute Gasteiger partial charge is 0.243 e. The molecular formula is C23H30N2O6S. The minimum Gasteiger partial charge on any atom is -0.497 e. The van der Waals surface area contributed by atoms with E-state index in [1.54, 1.807) is 13.2 Å². The van der Waals surface area contributed by atoms with E-state index in [1.807, 2.05) is 31.2 Å². The molecule has 32 heavy (non-hydrogen) atoms. The van der Waals surface area contributed by atoms with E-state index < -0.39 is 15.9 Å². The van der Waals surface area contributed by atoms with Gasteiger partial charge in [-0.15, -0.1) is 0 Å². The highest BCUT2D eigenvalue weighted by Gasteiger charge is 2.34. The van der Waals surface area contributed by atoms with Gasteiger partial charge >= 0.3 is 0 Å². The average Bonchev–Trinajstić information content (AvgIpc) is 2.83. The van der Waals surface area contributed by atoms with Gasteiger partial charge in [0.1, 0.15) is 5.75 Å². The highest BCUT2D eigenvalue weighted by atomic mass is 32.2. The largest absolute Gasteiger partial charge is 0.497 e. The molecule has 3 rings (SSSR count). The van der Waals surface area contributed by atoms with Gasteiger partial charge in [0.25, 0.3) is 0 Å². The van der Waals surface area contributed by atoms with Crippen LogP contribution < -0.4 is 19.5 Å². The zero-order valence-corrected chi connectivity index (χ0v) is 19.6. The molecular weight excluding hydrogens is 432 g/mol. The van der Waals surface area contributed by atoms with Crippen LogP contribution in [0.1, 0.15) is 31.4 Å². The van der Waals surface area contributed by atoms with Crippen molar-refractivity contribution in [1.82, 2.24) is 9.62 Å². The Balaban J connectivity index is 1.70. The van der Waals surface area contributed by atoms with Gasteiger partial charge in [0.15, 0.2) is 11.5 Å². The first-order valence-electron chi connectivity index (χ1n) is 10.5. The van der Waals surface area contributed by atoms with Crippen LogP contribution in [0.4, 0.5) is 0 Å². The Hall–Kier alpha value is -2.78. The van der Waals surface area contributed by atoms with Crippen molar-refractivity contribution >= 4 is 15.9 Å². The number of rotatable bonds is 8. The molecule has 1 N–H and O–H groups in total. The van der Waals surface area contributed by atoms with E-state index in [4.69, 9.17) is 14.2 Å². The maximum atomic E-state index is 13.2. The Kier molecular flexibility index (Phi) is 7.63. The Morgan fingerprint density at radius 3 is 2.34 bits per heavy atom. The normalized spacial score (nSPS) is 17.9. The van der Waals surface area contributed by atoms with Gasteiger partial charge in [-0.05, 0) is 49.6 Å². The first-order valence-corrected chi connectivity index (χ1v) is 11.9. The number of piperidine rings is 1. The molecule has 1 aliphatic heterocycles. The molecule has 0 aliphatic carbocycles. The molecule has 2 aromatic carbocycles. The Labute approximate surface area is 189 Å². The predicted octanol–water partition coefficient (Wildman–Crippen LogP) is 2.99. The van der Waals surface area contributed by atoms with Crippen LogP contribution >= 0.6 is 0 Å². The number of carbonyl (C=O) groups is 1. The van der Waals surface area contributed by atoms with E-state index in [1.165, 1.54) is 30.7 Å². The summed E-state index contributed by atoms with van der Waals surface area (Å²) < 4.78 is 43.4. The third-order valence-corrected chi connectivity index (χ3v) is 7.58. The summed E-state index contributed by atoms with van der Waals surface area (Å²) in [5.41, 5.74) is 0.949. The van der Waals surface area contributed by atoms with Gasteiger partial charge in [0.2, 0.25) is 15.9 Å². The third kappa shape index (κ3) is 5.16. The Bertz CT molecular complexity index is 1040. The molecule has 1 saturated heterocycles. The van der Waals surface area contributed by atoms with E-state index >= 15 is 0 Å². The van der Waals surface area contributed by atoms with Crippen molar-refractivity contribution < 1.29 is 27.4 Å². The van der Waals surface area contributed by atoms with Crippen LogP contribution in [0.3, 0.4) is 0 Å². The van der Waals surface area contributed by atoms with Crippen molar-refractivity contribution in [2.45, 2.75) is 30.7 Å². The topological polar surface area (TPSA) is 94.2 Å². The van der Waals surface area contributed by atoms with Gasteiger partial charge in [-0.3, -0.25) is 4.79 Å². The fraction of sp³-hybridized carbons (Fsp3) is 0.435. The molecule has 2 aromatic rings. The van der Waals surface area contributed by atoms with E-state index in [0.29, 0.717) is 30.9 Å². The number of hydrogen-bond donors (Lipinski definition) is 1. The van der Waals surface area contributed by atoms with Crippen LogP contribution in [0, 0.1) is 5.92 Å². The first-order chi connectivity index (χ1) is 15.3. The first kappa shape index (κ1) is 23.9. The number of nitrogens with zero attached hydrogens (tertiary/aromatic N) is 1. The molecule has 1 aliphatic rings. The summed E-state index contributed by atoms with van der Waals surface area (Å²) in [6.45, 7) is 2.41. The zero-order valence-electron chi connectivity index (χ0n) is 18.8. The summed E-state index contributed by atoms with van der Waals surface area (Å²) in [6, 6.07) is 11.8. The van der Waals surface area contributed by atoms with Crippen molar-refractivity contribution in [3.05, 3.63) is 48.0 Å². The standard InChI is InChI=1S/C23H30N2O6S/c1-16(17-7-9-19(29-2)10-8-17)24-23(26)18-6-5-13-25(15-18)32(27,28)20-11-12-21(30-3)22(14-20)31-4/h7-12,14,16,18H,5-6,13,15H2,1-4H3,(H,24,26)/t16-,18-/m1/s1. The fourth-order valence-electron chi connectivity index (χ4n) is 3.81. The second-order valence-corrected chi connectivity index (χ2v) is 9.66. The number of carbonyl (C=O) groups excluding carboxylic acids is 1. The quantitative estimate of drug-likeness (QED) is 0.648. The van der Waals surface area contributed by atoms with Gasteiger partial charge in [0.05, 0.1) is 38.2 Å². The molecule has 174 valence electrons. The van der Waals surface area contributed by atoms with Crippen molar-refractivity contribution in [3.8, 4) is 17.2 Å². The van der Waals surface area contributed by atoms with Crippen molar-refractivity contribution in [2.75, 3.05) is 34.4 Å². The lowest BCUT2D eigenvalue weighted by molar-refractivity contribution is -0.126. The van der Waals surface area contributed by atoms with Crippen LogP contribution in [0.5, 0.6) is 17.2 Å². The second-order valence-electron chi connectivity index (χ2n) is 7.72. The van der Waals surface area contributed by atoms with Gasteiger partial charge in [0, 0.05) is 19.2 Å². The average molecular weight is 463 g/mol. The molecule has 0 saturated carbocycles. The van der Waals surface area contributed by atoms with E-state index in [-0.39, 0.29) is 23.4 Å². The molecule has 0 spiro atoms. The van der Waals surface area contributed by atoms with Crippen LogP contribution in [-0.2, 0) is 14.8 Å². The maximum Gasteiger partial charge on any atom is 0.243 e. The van der Waals surface area contributed by atoms with Crippen LogP contribution in [0.2, 0.25) is 0 Å². The lowest BCUT2D eigenvalue weighted by Gasteiger charge is -2.32. The van der Waals surface area contributed by atoms with Gasteiger partial charge in [-0.1, -0.05) is 12.1 Å². The molecule has 0 radical (unpaired) electrons. The summed E-state index contributed by atoms with van der Waals surface area (Å²) in [7, 11) is 0.783. The number of sulfonamides is 1. The van der Waals surface area contributed by atoms with Crippen LogP contribution in [0.25, 0.3) is 0 Å². The van der Waals surface area contributed by atoms with E-state index in [0.717, 1.165) is 11.3 Å². The summed E-state index contributed by atoms with van der Waals surface area (Å²) in [4.78, 5) is 13.0. The van der Waals surface area contributed by atoms with Crippen molar-refractivity contribution in [3.63, 3.8) is 0 Å². The molecule has 0 unspecified atom stereocenters. The fourth-order valence-corrected chi connectivity index (χ4v) is 5.35. The molecule has 0 aromatic heterocycles. The van der Waals surface area contributed by atoms with Gasteiger partial charge in [-0.2, -0.15) is 4.31 Å². The van der Waals surface area contributed by atoms with E-state index in [2.05, 4.69) is 5.32 Å². The Morgan fingerprint density at radius 2 is 1.72 bits per heavy atom. The highest BCUT2D eigenvalue weighted by Crippen LogP contribution is 2.32. The molecule has 2 atom stereocenters. The van der Waals surface area contributed by atoms with Crippen molar-refractivity contribution in [2.24, 2.45) is 5.92 Å². The van der Waals surface area contributed by atoms with Crippen LogP contribution in [-0.4, -0.2) is 53.0 Å². The summed E-state index contributed by atoms with van der Waals surface area (Å²) >= 11 is 0. The molecule has 0 bridgehead atoms. The molecule has 8 nitrogen and oxygen atoms in total. The summed E-state index contributed by atoms with van der Waals surface area (Å²) in [5.74, 6) is 0.971. The maximum absolute atomic E-state index is 13.2.